The van der Waals surface area contributed by atoms with Gasteiger partial charge >= 0.3 is 0 Å². The fourth-order valence-electron chi connectivity index (χ4n) is 3.09. The molecule has 0 aromatic heterocycles. The van der Waals surface area contributed by atoms with Crippen LogP contribution in [0.5, 0.6) is 5.75 Å². The van der Waals surface area contributed by atoms with Crippen LogP contribution in [0.2, 0.25) is 15.1 Å². The average Bonchev–Trinajstić information content (AvgIpc) is 2.73. The molecule has 0 N–H and O–H groups in total. The number of anilines is 1. The summed E-state index contributed by atoms with van der Waals surface area (Å²) in [5, 5.41) is -0.587. The zero-order chi connectivity index (χ0) is 22.2. The second kappa shape index (κ2) is 9.08. The van der Waals surface area contributed by atoms with Crippen LogP contribution in [0.4, 0.5) is 23.2 Å². The lowest BCUT2D eigenvalue weighted by Gasteiger charge is -2.37. The van der Waals surface area contributed by atoms with Gasteiger partial charge in [-0.2, -0.15) is 0 Å². The van der Waals surface area contributed by atoms with Crippen molar-refractivity contribution in [2.24, 2.45) is 0 Å². The van der Waals surface area contributed by atoms with Gasteiger partial charge in [-0.1, -0.05) is 34.8 Å². The van der Waals surface area contributed by atoms with Gasteiger partial charge in [0, 0.05) is 31.2 Å². The fraction of sp³-hybridized carbons (Fsp3) is 0.316. The number of piperazine rings is 1. The van der Waals surface area contributed by atoms with Crippen molar-refractivity contribution in [1.82, 2.24) is 4.90 Å². The van der Waals surface area contributed by atoms with Crippen LogP contribution in [-0.4, -0.2) is 43.1 Å². The highest BCUT2D eigenvalue weighted by atomic mass is 35.5. The van der Waals surface area contributed by atoms with Crippen molar-refractivity contribution in [1.29, 1.82) is 0 Å². The van der Waals surface area contributed by atoms with Gasteiger partial charge < -0.3 is 14.5 Å². The van der Waals surface area contributed by atoms with E-state index in [0.29, 0.717) is 5.02 Å². The third-order valence-electron chi connectivity index (χ3n) is 4.64. The zero-order valence-corrected chi connectivity index (χ0v) is 17.8. The lowest BCUT2D eigenvalue weighted by molar-refractivity contribution is -0.138. The number of ether oxygens (including phenoxy) is 1. The highest BCUT2D eigenvalue weighted by Crippen LogP contribution is 2.34. The Labute approximate surface area is 184 Å². The van der Waals surface area contributed by atoms with Crippen LogP contribution >= 0.6 is 34.8 Å². The van der Waals surface area contributed by atoms with E-state index in [9.17, 15) is 22.4 Å². The SMILES string of the molecule is CC(Oc1ccc(Cl)cc1Cl)C(=O)N1CCN(c2c(F)c(F)c(Cl)c(F)c2F)CC1. The van der Waals surface area contributed by atoms with E-state index in [-0.39, 0.29) is 42.9 Å². The first-order valence-corrected chi connectivity index (χ1v) is 9.92. The molecule has 1 unspecified atom stereocenters. The minimum atomic E-state index is -1.66. The molecular formula is C19H15Cl3F4N2O2. The zero-order valence-electron chi connectivity index (χ0n) is 15.5. The summed E-state index contributed by atoms with van der Waals surface area (Å²) >= 11 is 17.1. The quantitative estimate of drug-likeness (QED) is 0.334. The molecule has 0 saturated carbocycles. The molecule has 0 radical (unpaired) electrons. The normalized spacial score (nSPS) is 15.3. The van der Waals surface area contributed by atoms with Gasteiger partial charge in [0.25, 0.3) is 5.91 Å². The van der Waals surface area contributed by atoms with Gasteiger partial charge in [0.1, 0.15) is 16.5 Å². The number of rotatable bonds is 4. The molecular weight excluding hydrogens is 471 g/mol. The molecule has 4 nitrogen and oxygen atoms in total. The minimum Gasteiger partial charge on any atom is -0.479 e. The standard InChI is InChI=1S/C19H15Cl3F4N2O2/c1-9(30-12-3-2-10(20)8-11(12)21)19(29)28-6-4-27(5-7-28)18-16(25)14(23)13(22)15(24)17(18)26/h2-3,8-9H,4-7H2,1H3. The third-order valence-corrected chi connectivity index (χ3v) is 5.50. The molecule has 1 saturated heterocycles. The molecule has 162 valence electrons. The molecule has 3 rings (SSSR count). The summed E-state index contributed by atoms with van der Waals surface area (Å²) in [4.78, 5) is 15.2. The number of benzene rings is 2. The monoisotopic (exact) mass is 484 g/mol. The highest BCUT2D eigenvalue weighted by molar-refractivity contribution is 6.35. The van der Waals surface area contributed by atoms with Gasteiger partial charge in [-0.25, -0.2) is 17.6 Å². The molecule has 1 aliphatic rings. The van der Waals surface area contributed by atoms with Crippen molar-refractivity contribution >= 4 is 46.4 Å². The summed E-state index contributed by atoms with van der Waals surface area (Å²) in [6.07, 6.45) is -0.894. The first-order valence-electron chi connectivity index (χ1n) is 8.78. The smallest absolute Gasteiger partial charge is 0.263 e. The van der Waals surface area contributed by atoms with Crippen LogP contribution in [0.3, 0.4) is 0 Å². The fourth-order valence-corrected chi connectivity index (χ4v) is 3.71. The summed E-state index contributed by atoms with van der Waals surface area (Å²) in [5.41, 5.74) is -0.848. The summed E-state index contributed by atoms with van der Waals surface area (Å²) in [5.74, 6) is -6.58. The van der Waals surface area contributed by atoms with Gasteiger partial charge in [-0.3, -0.25) is 4.79 Å². The van der Waals surface area contributed by atoms with Crippen LogP contribution in [0.1, 0.15) is 6.92 Å². The predicted molar refractivity (Wildman–Crippen MR) is 107 cm³/mol. The number of amides is 1. The Hall–Kier alpha value is -1.90. The number of nitrogens with zero attached hydrogens (tertiary/aromatic N) is 2. The largest absolute Gasteiger partial charge is 0.479 e. The van der Waals surface area contributed by atoms with Crippen LogP contribution in [-0.2, 0) is 4.79 Å². The second-order valence-electron chi connectivity index (χ2n) is 6.57. The first kappa shape index (κ1) is 22.8. The highest BCUT2D eigenvalue weighted by Gasteiger charge is 2.32. The molecule has 0 bridgehead atoms. The lowest BCUT2D eigenvalue weighted by atomic mass is 10.2. The van der Waals surface area contributed by atoms with Crippen molar-refractivity contribution in [3.05, 3.63) is 56.5 Å². The number of carbonyl (C=O) groups is 1. The summed E-state index contributed by atoms with van der Waals surface area (Å²) in [7, 11) is 0. The molecule has 30 heavy (non-hydrogen) atoms. The lowest BCUT2D eigenvalue weighted by Crippen LogP contribution is -2.52. The maximum absolute atomic E-state index is 14.2. The molecule has 1 amide bonds. The molecule has 2 aromatic carbocycles. The first-order chi connectivity index (χ1) is 14.1. The van der Waals surface area contributed by atoms with Gasteiger partial charge in [0.15, 0.2) is 29.4 Å². The van der Waals surface area contributed by atoms with Gasteiger partial charge in [0.05, 0.1) is 5.02 Å². The van der Waals surface area contributed by atoms with E-state index < -0.39 is 40.1 Å². The van der Waals surface area contributed by atoms with Gasteiger partial charge in [-0.15, -0.1) is 0 Å². The summed E-state index contributed by atoms with van der Waals surface area (Å²) in [6, 6.07) is 4.57. The minimum absolute atomic E-state index is 0.0471. The number of hydrogen-bond donors (Lipinski definition) is 0. The van der Waals surface area contributed by atoms with Crippen molar-refractivity contribution in [3.8, 4) is 5.75 Å². The molecule has 2 aromatic rings. The van der Waals surface area contributed by atoms with Gasteiger partial charge in [-0.05, 0) is 25.1 Å². The van der Waals surface area contributed by atoms with E-state index in [2.05, 4.69) is 0 Å². The molecule has 1 atom stereocenters. The van der Waals surface area contributed by atoms with Crippen LogP contribution in [0.15, 0.2) is 18.2 Å². The molecule has 1 aliphatic heterocycles. The van der Waals surface area contributed by atoms with E-state index >= 15 is 0 Å². The Morgan fingerprint density at radius 3 is 2.07 bits per heavy atom. The molecule has 1 heterocycles. The van der Waals surface area contributed by atoms with E-state index in [0.717, 1.165) is 4.90 Å². The summed E-state index contributed by atoms with van der Waals surface area (Å²) < 4.78 is 61.3. The van der Waals surface area contributed by atoms with Crippen LogP contribution < -0.4 is 9.64 Å². The number of halogens is 7. The van der Waals surface area contributed by atoms with Crippen molar-refractivity contribution in [3.63, 3.8) is 0 Å². The van der Waals surface area contributed by atoms with Crippen LogP contribution in [0.25, 0.3) is 0 Å². The second-order valence-corrected chi connectivity index (χ2v) is 7.79. The van der Waals surface area contributed by atoms with Crippen molar-refractivity contribution in [2.75, 3.05) is 31.1 Å². The Morgan fingerprint density at radius 1 is 0.967 bits per heavy atom. The molecule has 11 heteroatoms. The maximum atomic E-state index is 14.2. The van der Waals surface area contributed by atoms with E-state index in [1.807, 2.05) is 0 Å². The van der Waals surface area contributed by atoms with Crippen molar-refractivity contribution < 1.29 is 27.1 Å². The number of carbonyl (C=O) groups excluding carboxylic acids is 1. The average molecular weight is 486 g/mol. The summed E-state index contributed by atoms with van der Waals surface area (Å²) in [6.45, 7) is 1.56. The number of hydrogen-bond acceptors (Lipinski definition) is 3. The third kappa shape index (κ3) is 4.40. The Balaban J connectivity index is 1.68. The Bertz CT molecular complexity index is 956. The van der Waals surface area contributed by atoms with Crippen molar-refractivity contribution in [2.45, 2.75) is 13.0 Å². The van der Waals surface area contributed by atoms with Crippen LogP contribution in [0, 0.1) is 23.3 Å². The topological polar surface area (TPSA) is 32.8 Å². The molecule has 1 fully saturated rings. The van der Waals surface area contributed by atoms with Gasteiger partial charge in [0.2, 0.25) is 0 Å². The Kier molecular flexibility index (Phi) is 6.89. The van der Waals surface area contributed by atoms with E-state index in [1.54, 1.807) is 6.07 Å². The molecule has 0 aliphatic carbocycles. The Morgan fingerprint density at radius 2 is 1.53 bits per heavy atom. The maximum Gasteiger partial charge on any atom is 0.263 e. The van der Waals surface area contributed by atoms with E-state index in [1.165, 1.54) is 24.0 Å². The molecule has 0 spiro atoms. The van der Waals surface area contributed by atoms with E-state index in [4.69, 9.17) is 39.5 Å². The predicted octanol–water partition coefficient (Wildman–Crippen LogP) is 5.32.